The first-order valence-electron chi connectivity index (χ1n) is 10.9. The highest BCUT2D eigenvalue weighted by atomic mass is 35.5. The number of amides is 1. The van der Waals surface area contributed by atoms with E-state index in [1.807, 2.05) is 54.2 Å². The molecule has 4 rings (SSSR count). The summed E-state index contributed by atoms with van der Waals surface area (Å²) in [6.07, 6.45) is 2.65. The fourth-order valence-electron chi connectivity index (χ4n) is 3.75. The zero-order valence-electron chi connectivity index (χ0n) is 17.9. The van der Waals surface area contributed by atoms with Crippen molar-refractivity contribution in [2.24, 2.45) is 5.92 Å². The molecule has 0 radical (unpaired) electrons. The molecule has 32 heavy (non-hydrogen) atoms. The third-order valence-electron chi connectivity index (χ3n) is 5.53. The van der Waals surface area contributed by atoms with Crippen molar-refractivity contribution >= 4 is 29.3 Å². The van der Waals surface area contributed by atoms with Crippen LogP contribution in [-0.2, 0) is 11.3 Å². The molecular weight excluding hydrogens is 444 g/mol. The van der Waals surface area contributed by atoms with Crippen molar-refractivity contribution in [1.29, 1.82) is 0 Å². The minimum atomic E-state index is 0.0781. The molecule has 3 aromatic rings. The van der Waals surface area contributed by atoms with Gasteiger partial charge in [-0.25, -0.2) is 0 Å². The van der Waals surface area contributed by atoms with Crippen molar-refractivity contribution < 1.29 is 9.32 Å². The van der Waals surface area contributed by atoms with E-state index in [1.165, 1.54) is 4.90 Å². The average Bonchev–Trinajstić information content (AvgIpc) is 3.28. The number of carbonyl (C=O) groups is 1. The number of halogens is 1. The highest BCUT2D eigenvalue weighted by Crippen LogP contribution is 2.26. The normalized spacial score (nSPS) is 15.0. The average molecular weight is 471 g/mol. The first-order chi connectivity index (χ1) is 15.7. The van der Waals surface area contributed by atoms with Crippen LogP contribution in [0, 0.1) is 5.92 Å². The number of nitrogens with one attached hydrogen (secondary N) is 1. The molecule has 0 spiro atoms. The Labute approximate surface area is 197 Å². The van der Waals surface area contributed by atoms with Crippen LogP contribution < -0.4 is 5.32 Å². The Bertz CT molecular complexity index is 1010. The van der Waals surface area contributed by atoms with Gasteiger partial charge in [0.2, 0.25) is 17.6 Å². The van der Waals surface area contributed by atoms with Crippen LogP contribution in [0.15, 0.2) is 64.0 Å². The molecule has 0 atom stereocenters. The van der Waals surface area contributed by atoms with E-state index in [4.69, 9.17) is 16.1 Å². The van der Waals surface area contributed by atoms with Crippen molar-refractivity contribution in [3.05, 3.63) is 65.5 Å². The molecule has 1 saturated heterocycles. The second kappa shape index (κ2) is 11.5. The highest BCUT2D eigenvalue weighted by molar-refractivity contribution is 7.99. The van der Waals surface area contributed by atoms with Gasteiger partial charge in [-0.2, -0.15) is 4.98 Å². The Morgan fingerprint density at radius 1 is 1.12 bits per heavy atom. The predicted molar refractivity (Wildman–Crippen MR) is 128 cm³/mol. The van der Waals surface area contributed by atoms with Gasteiger partial charge in [-0.3, -0.25) is 9.69 Å². The summed E-state index contributed by atoms with van der Waals surface area (Å²) in [5.41, 5.74) is 0.765. The molecule has 1 fully saturated rings. The fourth-order valence-corrected chi connectivity index (χ4v) is 4.84. The number of nitrogens with zero attached hydrogens (tertiary/aromatic N) is 3. The molecule has 0 aliphatic carbocycles. The second-order valence-electron chi connectivity index (χ2n) is 7.85. The van der Waals surface area contributed by atoms with E-state index in [0.29, 0.717) is 23.3 Å². The number of hydrogen-bond donors (Lipinski definition) is 1. The molecule has 0 saturated carbocycles. The monoisotopic (exact) mass is 470 g/mol. The molecule has 2 aromatic carbocycles. The Hall–Kier alpha value is -2.35. The van der Waals surface area contributed by atoms with Crippen LogP contribution in [-0.4, -0.2) is 46.3 Å². The number of piperidine rings is 1. The second-order valence-corrected chi connectivity index (χ2v) is 9.42. The Balaban J connectivity index is 1.15. The van der Waals surface area contributed by atoms with Gasteiger partial charge < -0.3 is 9.84 Å². The summed E-state index contributed by atoms with van der Waals surface area (Å²) in [6, 6.07) is 17.8. The SMILES string of the molecule is O=C(NCCCSc1ccccc1)C1CCN(Cc2nc(-c3ccccc3Cl)no2)CC1. The van der Waals surface area contributed by atoms with Gasteiger partial charge in [0, 0.05) is 22.9 Å². The minimum absolute atomic E-state index is 0.0781. The number of thioether (sulfide) groups is 1. The maximum atomic E-state index is 12.5. The summed E-state index contributed by atoms with van der Waals surface area (Å²) in [5, 5.41) is 7.77. The Kier molecular flexibility index (Phi) is 8.20. The quantitative estimate of drug-likeness (QED) is 0.354. The standard InChI is InChI=1S/C24H27ClN4O2S/c25-21-10-5-4-9-20(21)23-27-22(31-28-23)17-29-14-11-18(12-15-29)24(30)26-13-6-16-32-19-7-2-1-3-8-19/h1-5,7-10,18H,6,11-17H2,(H,26,30). The van der Waals surface area contributed by atoms with Crippen LogP contribution >= 0.6 is 23.4 Å². The molecule has 1 amide bonds. The Morgan fingerprint density at radius 2 is 1.88 bits per heavy atom. The van der Waals surface area contributed by atoms with Gasteiger partial charge in [0.25, 0.3) is 0 Å². The lowest BCUT2D eigenvalue weighted by atomic mass is 9.96. The van der Waals surface area contributed by atoms with Crippen LogP contribution in [0.4, 0.5) is 0 Å². The zero-order valence-corrected chi connectivity index (χ0v) is 19.4. The molecule has 2 heterocycles. The van der Waals surface area contributed by atoms with Crippen molar-refractivity contribution in [3.63, 3.8) is 0 Å². The number of hydrogen-bond acceptors (Lipinski definition) is 6. The first-order valence-corrected chi connectivity index (χ1v) is 12.3. The van der Waals surface area contributed by atoms with Crippen LogP contribution in [0.1, 0.15) is 25.2 Å². The molecule has 0 bridgehead atoms. The van der Waals surface area contributed by atoms with Gasteiger partial charge in [-0.15, -0.1) is 11.8 Å². The lowest BCUT2D eigenvalue weighted by Crippen LogP contribution is -2.40. The molecule has 0 unspecified atom stereocenters. The summed E-state index contributed by atoms with van der Waals surface area (Å²) in [4.78, 5) is 20.5. The van der Waals surface area contributed by atoms with E-state index >= 15 is 0 Å². The smallest absolute Gasteiger partial charge is 0.241 e. The van der Waals surface area contributed by atoms with Gasteiger partial charge in [-0.05, 0) is 62.4 Å². The molecule has 1 N–H and O–H groups in total. The molecule has 6 nitrogen and oxygen atoms in total. The van der Waals surface area contributed by atoms with Crippen molar-refractivity contribution in [2.45, 2.75) is 30.7 Å². The van der Waals surface area contributed by atoms with Gasteiger partial charge >= 0.3 is 0 Å². The number of aromatic nitrogens is 2. The van der Waals surface area contributed by atoms with Crippen molar-refractivity contribution in [1.82, 2.24) is 20.4 Å². The van der Waals surface area contributed by atoms with Gasteiger partial charge in [0.1, 0.15) is 0 Å². The summed E-state index contributed by atoms with van der Waals surface area (Å²) in [7, 11) is 0. The highest BCUT2D eigenvalue weighted by Gasteiger charge is 2.25. The van der Waals surface area contributed by atoms with E-state index in [-0.39, 0.29) is 11.8 Å². The van der Waals surface area contributed by atoms with Gasteiger partial charge in [-0.1, -0.05) is 47.1 Å². The van der Waals surface area contributed by atoms with Crippen LogP contribution in [0.2, 0.25) is 5.02 Å². The minimum Gasteiger partial charge on any atom is -0.356 e. The van der Waals surface area contributed by atoms with Crippen LogP contribution in [0.25, 0.3) is 11.4 Å². The zero-order chi connectivity index (χ0) is 22.2. The van der Waals surface area contributed by atoms with Gasteiger partial charge in [0.05, 0.1) is 11.6 Å². The van der Waals surface area contributed by atoms with E-state index in [9.17, 15) is 4.79 Å². The summed E-state index contributed by atoms with van der Waals surface area (Å²) in [5.74, 6) is 2.33. The summed E-state index contributed by atoms with van der Waals surface area (Å²) < 4.78 is 5.42. The fraction of sp³-hybridized carbons (Fsp3) is 0.375. The van der Waals surface area contributed by atoms with Gasteiger partial charge in [0.15, 0.2) is 0 Å². The number of likely N-dealkylation sites (tertiary alicyclic amines) is 1. The lowest BCUT2D eigenvalue weighted by molar-refractivity contribution is -0.126. The summed E-state index contributed by atoms with van der Waals surface area (Å²) in [6.45, 7) is 2.99. The number of benzene rings is 2. The molecular formula is C24H27ClN4O2S. The maximum Gasteiger partial charge on any atom is 0.241 e. The Morgan fingerprint density at radius 3 is 2.66 bits per heavy atom. The maximum absolute atomic E-state index is 12.5. The largest absolute Gasteiger partial charge is 0.356 e. The van der Waals surface area contributed by atoms with Crippen LogP contribution in [0.3, 0.4) is 0 Å². The van der Waals surface area contributed by atoms with Crippen molar-refractivity contribution in [2.75, 3.05) is 25.4 Å². The molecule has 168 valence electrons. The predicted octanol–water partition coefficient (Wildman–Crippen LogP) is 4.90. The third kappa shape index (κ3) is 6.34. The molecule has 1 aliphatic rings. The number of rotatable bonds is 9. The van der Waals surface area contributed by atoms with Crippen LogP contribution in [0.5, 0.6) is 0 Å². The van der Waals surface area contributed by atoms with E-state index in [2.05, 4.69) is 32.5 Å². The molecule has 1 aliphatic heterocycles. The van der Waals surface area contributed by atoms with E-state index in [0.717, 1.165) is 50.2 Å². The summed E-state index contributed by atoms with van der Waals surface area (Å²) >= 11 is 8.04. The molecule has 1 aromatic heterocycles. The topological polar surface area (TPSA) is 71.3 Å². The van der Waals surface area contributed by atoms with E-state index in [1.54, 1.807) is 0 Å². The first kappa shape index (κ1) is 22.8. The van der Waals surface area contributed by atoms with E-state index < -0.39 is 0 Å². The molecule has 8 heteroatoms. The third-order valence-corrected chi connectivity index (χ3v) is 6.96. The number of carbonyl (C=O) groups excluding carboxylic acids is 1. The van der Waals surface area contributed by atoms with Crippen molar-refractivity contribution in [3.8, 4) is 11.4 Å². The lowest BCUT2D eigenvalue weighted by Gasteiger charge is -2.30.